The highest BCUT2D eigenvalue weighted by Crippen LogP contribution is 2.11. The van der Waals surface area contributed by atoms with E-state index >= 15 is 0 Å². The summed E-state index contributed by atoms with van der Waals surface area (Å²) < 4.78 is 9.40. The summed E-state index contributed by atoms with van der Waals surface area (Å²) in [6.45, 7) is 1.01. The molecule has 1 aliphatic rings. The van der Waals surface area contributed by atoms with Crippen LogP contribution in [0.5, 0.6) is 0 Å². The number of hydrogen-bond donors (Lipinski definition) is 0. The van der Waals surface area contributed by atoms with Crippen LogP contribution in [-0.4, -0.2) is 9.78 Å². The molecule has 0 bridgehead atoms. The SMILES string of the molecule is [2H]c1cnn2c1CCCC2. The fourth-order valence-electron chi connectivity index (χ4n) is 1.27. The maximum atomic E-state index is 7.45. The Morgan fingerprint density at radius 3 is 3.56 bits per heavy atom. The smallest absolute Gasteiger partial charge is 0.0659 e. The van der Waals surface area contributed by atoms with E-state index in [0.29, 0.717) is 6.04 Å². The number of fused-ring (bicyclic) bond motifs is 1. The summed E-state index contributed by atoms with van der Waals surface area (Å²) in [5, 5.41) is 4.09. The molecule has 0 unspecified atom stereocenters. The zero-order valence-corrected chi connectivity index (χ0v) is 5.30. The topological polar surface area (TPSA) is 17.8 Å². The van der Waals surface area contributed by atoms with Crippen molar-refractivity contribution < 1.29 is 1.37 Å². The molecule has 2 heteroatoms. The van der Waals surface area contributed by atoms with Crippen LogP contribution in [-0.2, 0) is 13.0 Å². The van der Waals surface area contributed by atoms with Crippen LogP contribution in [0.2, 0.25) is 0 Å². The van der Waals surface area contributed by atoms with Gasteiger partial charge >= 0.3 is 0 Å². The van der Waals surface area contributed by atoms with Crippen molar-refractivity contribution in [1.29, 1.82) is 0 Å². The van der Waals surface area contributed by atoms with Crippen LogP contribution < -0.4 is 0 Å². The van der Waals surface area contributed by atoms with Crippen LogP contribution in [0.3, 0.4) is 0 Å². The van der Waals surface area contributed by atoms with Gasteiger partial charge in [0.15, 0.2) is 0 Å². The fourth-order valence-corrected chi connectivity index (χ4v) is 1.27. The van der Waals surface area contributed by atoms with Crippen molar-refractivity contribution in [2.75, 3.05) is 0 Å². The Morgan fingerprint density at radius 1 is 1.67 bits per heavy atom. The summed E-state index contributed by atoms with van der Waals surface area (Å²) >= 11 is 0. The molecule has 0 atom stereocenters. The Balaban J connectivity index is 2.45. The minimum atomic E-state index is 0.611. The maximum absolute atomic E-state index is 7.45. The Hall–Kier alpha value is -0.790. The highest BCUT2D eigenvalue weighted by atomic mass is 15.3. The van der Waals surface area contributed by atoms with Crippen molar-refractivity contribution in [1.82, 2.24) is 9.78 Å². The largest absolute Gasteiger partial charge is 0.270 e. The number of aromatic nitrogens is 2. The van der Waals surface area contributed by atoms with Crippen molar-refractivity contribution in [2.45, 2.75) is 25.8 Å². The maximum Gasteiger partial charge on any atom is 0.0659 e. The molecule has 2 nitrogen and oxygen atoms in total. The van der Waals surface area contributed by atoms with Gasteiger partial charge in [-0.25, -0.2) is 0 Å². The zero-order chi connectivity index (χ0) is 6.97. The van der Waals surface area contributed by atoms with Crippen LogP contribution in [0.25, 0.3) is 0 Å². The average molecular weight is 123 g/mol. The number of aryl methyl sites for hydroxylation is 1. The summed E-state index contributed by atoms with van der Waals surface area (Å²) in [6, 6.07) is 0.611. The van der Waals surface area contributed by atoms with Gasteiger partial charge in [0.1, 0.15) is 0 Å². The van der Waals surface area contributed by atoms with Crippen LogP contribution in [0.15, 0.2) is 12.2 Å². The van der Waals surface area contributed by atoms with Crippen molar-refractivity contribution in [3.8, 4) is 0 Å². The predicted octanol–water partition coefficient (Wildman–Crippen LogP) is 1.22. The number of nitrogens with zero attached hydrogens (tertiary/aromatic N) is 2. The summed E-state index contributed by atoms with van der Waals surface area (Å²) in [6.07, 6.45) is 5.12. The molecule has 1 aromatic rings. The second-order valence-electron chi connectivity index (χ2n) is 2.42. The van der Waals surface area contributed by atoms with Crippen molar-refractivity contribution in [3.05, 3.63) is 17.9 Å². The fraction of sp³-hybridized carbons (Fsp3) is 0.571. The molecule has 0 spiro atoms. The van der Waals surface area contributed by atoms with Gasteiger partial charge in [-0.3, -0.25) is 4.68 Å². The molecule has 48 valence electrons. The van der Waals surface area contributed by atoms with Gasteiger partial charge in [-0.2, -0.15) is 5.10 Å². The molecule has 0 saturated carbocycles. The van der Waals surface area contributed by atoms with Gasteiger partial charge in [0.05, 0.1) is 1.37 Å². The summed E-state index contributed by atoms with van der Waals surface area (Å²) in [5.74, 6) is 0. The van der Waals surface area contributed by atoms with Crippen LogP contribution >= 0.6 is 0 Å². The Labute approximate surface area is 55.9 Å². The van der Waals surface area contributed by atoms with Crippen molar-refractivity contribution in [3.63, 3.8) is 0 Å². The first-order chi connectivity index (χ1) is 4.88. The molecule has 0 amide bonds. The molecule has 0 aliphatic carbocycles. The molecule has 2 rings (SSSR count). The lowest BCUT2D eigenvalue weighted by Crippen LogP contribution is -2.10. The molecule has 0 aromatic carbocycles. The van der Waals surface area contributed by atoms with E-state index in [0.717, 1.165) is 18.7 Å². The molecule has 9 heavy (non-hydrogen) atoms. The van der Waals surface area contributed by atoms with Gasteiger partial charge in [-0.15, -0.1) is 0 Å². The molecular weight excluding hydrogens is 112 g/mol. The summed E-state index contributed by atoms with van der Waals surface area (Å²) in [5.41, 5.74) is 1.12. The van der Waals surface area contributed by atoms with Crippen LogP contribution in [0.1, 0.15) is 19.9 Å². The molecule has 1 aliphatic heterocycles. The molecule has 0 saturated heterocycles. The molecule has 2 heterocycles. The highest BCUT2D eigenvalue weighted by molar-refractivity contribution is 5.01. The van der Waals surface area contributed by atoms with Crippen molar-refractivity contribution in [2.24, 2.45) is 0 Å². The number of rotatable bonds is 0. The number of hydrogen-bond acceptors (Lipinski definition) is 1. The normalized spacial score (nSPS) is 18.9. The minimum Gasteiger partial charge on any atom is -0.270 e. The highest BCUT2D eigenvalue weighted by Gasteiger charge is 2.06. The van der Waals surface area contributed by atoms with Gasteiger partial charge in [-0.1, -0.05) is 0 Å². The van der Waals surface area contributed by atoms with Gasteiger partial charge < -0.3 is 0 Å². The first-order valence-corrected chi connectivity index (χ1v) is 3.39. The van der Waals surface area contributed by atoms with E-state index in [2.05, 4.69) is 5.10 Å². The van der Waals surface area contributed by atoms with E-state index in [1.54, 1.807) is 6.20 Å². The van der Waals surface area contributed by atoms with E-state index < -0.39 is 0 Å². The molecular formula is C7H10N2. The minimum absolute atomic E-state index is 0.611. The molecule has 0 fully saturated rings. The van der Waals surface area contributed by atoms with Crippen LogP contribution in [0.4, 0.5) is 0 Å². The molecule has 0 N–H and O–H groups in total. The Morgan fingerprint density at radius 2 is 2.67 bits per heavy atom. The third-order valence-corrected chi connectivity index (χ3v) is 1.77. The zero-order valence-electron chi connectivity index (χ0n) is 6.30. The third kappa shape index (κ3) is 0.745. The van der Waals surface area contributed by atoms with E-state index in [4.69, 9.17) is 1.37 Å². The average Bonchev–Trinajstić information content (AvgIpc) is 2.34. The first-order valence-electron chi connectivity index (χ1n) is 3.89. The first kappa shape index (κ1) is 4.09. The molecule has 0 radical (unpaired) electrons. The lowest BCUT2D eigenvalue weighted by molar-refractivity contribution is 0.486. The predicted molar refractivity (Wildman–Crippen MR) is 35.2 cm³/mol. The Kier molecular flexibility index (Phi) is 0.848. The third-order valence-electron chi connectivity index (χ3n) is 1.77. The van der Waals surface area contributed by atoms with Crippen LogP contribution in [0, 0.1) is 0 Å². The lowest BCUT2D eigenvalue weighted by Gasteiger charge is -2.11. The quantitative estimate of drug-likeness (QED) is 0.507. The van der Waals surface area contributed by atoms with E-state index in [1.165, 1.54) is 12.8 Å². The van der Waals surface area contributed by atoms with E-state index in [1.807, 2.05) is 4.68 Å². The lowest BCUT2D eigenvalue weighted by atomic mass is 10.1. The second kappa shape index (κ2) is 1.87. The van der Waals surface area contributed by atoms with E-state index in [-0.39, 0.29) is 0 Å². The van der Waals surface area contributed by atoms with Gasteiger partial charge in [-0.05, 0) is 25.3 Å². The molecule has 1 aromatic heterocycles. The summed E-state index contributed by atoms with van der Waals surface area (Å²) in [4.78, 5) is 0. The van der Waals surface area contributed by atoms with Crippen molar-refractivity contribution >= 4 is 0 Å². The van der Waals surface area contributed by atoms with E-state index in [9.17, 15) is 0 Å². The van der Waals surface area contributed by atoms with Gasteiger partial charge in [0.25, 0.3) is 0 Å². The second-order valence-corrected chi connectivity index (χ2v) is 2.42. The van der Waals surface area contributed by atoms with Gasteiger partial charge in [0, 0.05) is 18.4 Å². The monoisotopic (exact) mass is 123 g/mol. The standard InChI is InChI=1S/C7H10N2/c1-2-6-9-7(3-1)4-5-8-9/h4-5H,1-3,6H2/i4D. The van der Waals surface area contributed by atoms with Gasteiger partial charge in [0.2, 0.25) is 0 Å². The Bertz CT molecular complexity index is 242. The summed E-state index contributed by atoms with van der Waals surface area (Å²) in [7, 11) is 0.